The maximum Gasteiger partial charge on any atom is 0.586 e. The second kappa shape index (κ2) is 4.25. The van der Waals surface area contributed by atoms with Gasteiger partial charge >= 0.3 is 12.4 Å². The summed E-state index contributed by atoms with van der Waals surface area (Å²) >= 11 is 0. The van der Waals surface area contributed by atoms with E-state index in [0.717, 1.165) is 0 Å². The molecule has 0 aliphatic carbocycles. The third-order valence-electron chi connectivity index (χ3n) is 2.05. The van der Waals surface area contributed by atoms with Crippen LogP contribution in [0.25, 0.3) is 0 Å². The highest BCUT2D eigenvalue weighted by atomic mass is 19.3. The number of fused-ring (bicyclic) bond motifs is 1. The van der Waals surface area contributed by atoms with E-state index in [1.165, 1.54) is 18.2 Å². The molecule has 1 aliphatic rings. The topological polar surface area (TPSA) is 56.8 Å². The molecule has 19 heavy (non-hydrogen) atoms. The lowest BCUT2D eigenvalue weighted by atomic mass is 10.2. The summed E-state index contributed by atoms with van der Waals surface area (Å²) in [5.41, 5.74) is -0.373. The molecule has 1 heterocycles. The summed E-state index contributed by atoms with van der Waals surface area (Å²) in [6, 6.07) is 3.93. The lowest BCUT2D eigenvalue weighted by molar-refractivity contribution is -0.286. The van der Waals surface area contributed by atoms with Gasteiger partial charge < -0.3 is 14.2 Å². The molecule has 0 saturated carbocycles. The fourth-order valence-electron chi connectivity index (χ4n) is 1.45. The van der Waals surface area contributed by atoms with Crippen LogP contribution in [0.4, 0.5) is 19.3 Å². The average Bonchev–Trinajstić information content (AvgIpc) is 2.47. The Hall–Kier alpha value is -2.05. The first-order chi connectivity index (χ1) is 8.65. The van der Waals surface area contributed by atoms with Crippen LogP contribution in [0.5, 0.6) is 11.5 Å². The number of carbonyl (C=O) groups is 1. The van der Waals surface area contributed by atoms with E-state index in [0.29, 0.717) is 0 Å². The van der Waals surface area contributed by atoms with E-state index >= 15 is 0 Å². The predicted molar refractivity (Wildman–Crippen MR) is 62.5 cm³/mol. The lowest BCUT2D eigenvalue weighted by Crippen LogP contribution is -2.27. The zero-order valence-electron chi connectivity index (χ0n) is 10.6. The Bertz CT molecular complexity index is 511. The number of rotatable bonds is 1. The van der Waals surface area contributed by atoms with Gasteiger partial charge in [-0.05, 0) is 32.9 Å². The van der Waals surface area contributed by atoms with E-state index < -0.39 is 18.0 Å². The molecule has 0 bridgehead atoms. The van der Waals surface area contributed by atoms with Crippen molar-refractivity contribution in [1.29, 1.82) is 0 Å². The molecule has 0 saturated heterocycles. The van der Waals surface area contributed by atoms with Crippen LogP contribution in [0.1, 0.15) is 20.8 Å². The van der Waals surface area contributed by atoms with Gasteiger partial charge in [0, 0.05) is 11.8 Å². The van der Waals surface area contributed by atoms with Gasteiger partial charge in [-0.25, -0.2) is 4.79 Å². The molecular weight excluding hydrogens is 260 g/mol. The highest BCUT2D eigenvalue weighted by molar-refractivity contribution is 5.85. The summed E-state index contributed by atoms with van der Waals surface area (Å²) in [5, 5.41) is 2.41. The molecule has 1 aromatic rings. The Morgan fingerprint density at radius 2 is 1.89 bits per heavy atom. The summed E-state index contributed by atoms with van der Waals surface area (Å²) in [6.45, 7) is 5.15. The molecule has 1 aliphatic heterocycles. The van der Waals surface area contributed by atoms with Crippen LogP contribution in [0.3, 0.4) is 0 Å². The molecule has 1 amide bonds. The van der Waals surface area contributed by atoms with Gasteiger partial charge in [-0.1, -0.05) is 0 Å². The summed E-state index contributed by atoms with van der Waals surface area (Å²) in [7, 11) is 0. The van der Waals surface area contributed by atoms with E-state index in [2.05, 4.69) is 14.8 Å². The second-order valence-corrected chi connectivity index (χ2v) is 4.96. The average molecular weight is 273 g/mol. The van der Waals surface area contributed by atoms with Crippen LogP contribution in [0, 0.1) is 0 Å². The van der Waals surface area contributed by atoms with Gasteiger partial charge in [-0.2, -0.15) is 0 Å². The second-order valence-electron chi connectivity index (χ2n) is 4.96. The minimum Gasteiger partial charge on any atom is -0.444 e. The van der Waals surface area contributed by atoms with Crippen LogP contribution >= 0.6 is 0 Å². The van der Waals surface area contributed by atoms with Gasteiger partial charge in [-0.3, -0.25) is 5.32 Å². The van der Waals surface area contributed by atoms with Crippen molar-refractivity contribution >= 4 is 11.8 Å². The molecule has 0 aromatic heterocycles. The van der Waals surface area contributed by atoms with Crippen molar-refractivity contribution < 1.29 is 27.8 Å². The Labute approximate surface area is 108 Å². The summed E-state index contributed by atoms with van der Waals surface area (Å²) in [5.74, 6) is -0.224. The van der Waals surface area contributed by atoms with Gasteiger partial charge in [0.2, 0.25) is 0 Å². The number of hydrogen-bond donors (Lipinski definition) is 1. The molecule has 0 unspecified atom stereocenters. The van der Waals surface area contributed by atoms with Crippen molar-refractivity contribution in [2.45, 2.75) is 32.7 Å². The Morgan fingerprint density at radius 1 is 1.26 bits per heavy atom. The molecular formula is C12H13F2NO4. The van der Waals surface area contributed by atoms with Gasteiger partial charge in [0.25, 0.3) is 0 Å². The zero-order valence-corrected chi connectivity index (χ0v) is 10.6. The van der Waals surface area contributed by atoms with Crippen molar-refractivity contribution in [3.05, 3.63) is 18.2 Å². The summed E-state index contributed by atoms with van der Waals surface area (Å²) in [4.78, 5) is 11.5. The van der Waals surface area contributed by atoms with Crippen LogP contribution in [0.15, 0.2) is 18.2 Å². The minimum absolute atomic E-state index is 0.0836. The van der Waals surface area contributed by atoms with Crippen LogP contribution in [-0.4, -0.2) is 18.0 Å². The van der Waals surface area contributed by atoms with E-state index in [4.69, 9.17) is 4.74 Å². The van der Waals surface area contributed by atoms with E-state index in [9.17, 15) is 13.6 Å². The smallest absolute Gasteiger partial charge is 0.444 e. The first-order valence-corrected chi connectivity index (χ1v) is 5.54. The Morgan fingerprint density at radius 3 is 2.53 bits per heavy atom. The van der Waals surface area contributed by atoms with E-state index in [-0.39, 0.29) is 17.2 Å². The molecule has 2 rings (SSSR count). The number of ether oxygens (including phenoxy) is 3. The molecule has 1 N–H and O–H groups in total. The largest absolute Gasteiger partial charge is 0.586 e. The SMILES string of the molecule is CC(C)(C)OC(=O)Nc1ccc2c(c1)OC(F)(F)O2. The monoisotopic (exact) mass is 273 g/mol. The van der Waals surface area contributed by atoms with Crippen molar-refractivity contribution in [3.63, 3.8) is 0 Å². The fraction of sp³-hybridized carbons (Fsp3) is 0.417. The maximum atomic E-state index is 12.8. The standard InChI is InChI=1S/C12H13F2NO4/c1-11(2,3)19-10(16)15-7-4-5-8-9(6-7)18-12(13,14)17-8/h4-6H,1-3H3,(H,15,16). The molecule has 0 fully saturated rings. The first-order valence-electron chi connectivity index (χ1n) is 5.54. The maximum absolute atomic E-state index is 12.8. The van der Waals surface area contributed by atoms with E-state index in [1.54, 1.807) is 20.8 Å². The number of carbonyl (C=O) groups excluding carboxylic acids is 1. The van der Waals surface area contributed by atoms with Crippen LogP contribution in [0.2, 0.25) is 0 Å². The number of alkyl halides is 2. The molecule has 5 nitrogen and oxygen atoms in total. The van der Waals surface area contributed by atoms with Crippen molar-refractivity contribution in [3.8, 4) is 11.5 Å². The number of nitrogens with one attached hydrogen (secondary N) is 1. The molecule has 0 atom stereocenters. The van der Waals surface area contributed by atoms with Crippen molar-refractivity contribution in [1.82, 2.24) is 0 Å². The zero-order chi connectivity index (χ0) is 14.3. The highest BCUT2D eigenvalue weighted by Gasteiger charge is 2.43. The molecule has 7 heteroatoms. The Balaban J connectivity index is 2.07. The molecule has 0 radical (unpaired) electrons. The van der Waals surface area contributed by atoms with Crippen LogP contribution in [-0.2, 0) is 4.74 Å². The summed E-state index contributed by atoms with van der Waals surface area (Å²) < 4.78 is 39.1. The minimum atomic E-state index is -3.67. The number of amides is 1. The van der Waals surface area contributed by atoms with Crippen molar-refractivity contribution in [2.24, 2.45) is 0 Å². The first kappa shape index (κ1) is 13.4. The number of hydrogen-bond acceptors (Lipinski definition) is 4. The summed E-state index contributed by atoms with van der Waals surface area (Å²) in [6.07, 6.45) is -4.36. The third kappa shape index (κ3) is 3.46. The van der Waals surface area contributed by atoms with Gasteiger partial charge in [-0.15, -0.1) is 8.78 Å². The quantitative estimate of drug-likeness (QED) is 0.852. The predicted octanol–water partition coefficient (Wildman–Crippen LogP) is 3.36. The molecule has 104 valence electrons. The Kier molecular flexibility index (Phi) is 3.00. The highest BCUT2D eigenvalue weighted by Crippen LogP contribution is 2.42. The van der Waals surface area contributed by atoms with Crippen LogP contribution < -0.4 is 14.8 Å². The fourth-order valence-corrected chi connectivity index (χ4v) is 1.45. The number of anilines is 1. The normalized spacial score (nSPS) is 16.1. The third-order valence-corrected chi connectivity index (χ3v) is 2.05. The number of benzene rings is 1. The van der Waals surface area contributed by atoms with Gasteiger partial charge in [0.1, 0.15) is 5.60 Å². The van der Waals surface area contributed by atoms with Gasteiger partial charge in [0.05, 0.1) is 0 Å². The number of halogens is 2. The molecule has 0 spiro atoms. The van der Waals surface area contributed by atoms with Gasteiger partial charge in [0.15, 0.2) is 11.5 Å². The van der Waals surface area contributed by atoms with Crippen molar-refractivity contribution in [2.75, 3.05) is 5.32 Å². The lowest BCUT2D eigenvalue weighted by Gasteiger charge is -2.19. The van der Waals surface area contributed by atoms with E-state index in [1.807, 2.05) is 0 Å². The molecule has 1 aromatic carbocycles.